The van der Waals surface area contributed by atoms with Gasteiger partial charge in [0, 0.05) is 20.3 Å². The van der Waals surface area contributed by atoms with Gasteiger partial charge in [0.1, 0.15) is 5.75 Å². The normalized spacial score (nSPS) is 15.9. The number of carbonyl (C=O) groups excluding carboxylic acids is 2. The van der Waals surface area contributed by atoms with Crippen LogP contribution in [-0.2, 0) is 14.3 Å². The molecule has 134 valence electrons. The Morgan fingerprint density at radius 3 is 2.80 bits per heavy atom. The lowest BCUT2D eigenvalue weighted by atomic mass is 10.2. The minimum absolute atomic E-state index is 0.298. The molecular formula is C16H16BrNO6S. The van der Waals surface area contributed by atoms with Crippen LogP contribution in [0.2, 0.25) is 0 Å². The molecule has 2 rings (SSSR count). The lowest BCUT2D eigenvalue weighted by molar-refractivity contribution is -0.139. The molecule has 0 bridgehead atoms. The molecule has 9 heteroatoms. The lowest BCUT2D eigenvalue weighted by Crippen LogP contribution is -2.29. The van der Waals surface area contributed by atoms with Crippen molar-refractivity contribution in [1.82, 2.24) is 4.90 Å². The highest BCUT2D eigenvalue weighted by atomic mass is 79.9. The van der Waals surface area contributed by atoms with Gasteiger partial charge < -0.3 is 14.6 Å². The summed E-state index contributed by atoms with van der Waals surface area (Å²) in [4.78, 5) is 36.4. The number of hydrogen-bond acceptors (Lipinski definition) is 6. The third-order valence-electron chi connectivity index (χ3n) is 3.21. The largest absolute Gasteiger partial charge is 0.481 e. The number of nitrogens with zero attached hydrogens (tertiary/aromatic N) is 1. The number of carbonyl (C=O) groups is 3. The fraction of sp³-hybridized carbons (Fsp3) is 0.312. The highest BCUT2D eigenvalue weighted by molar-refractivity contribution is 9.10. The van der Waals surface area contributed by atoms with Crippen molar-refractivity contribution in [2.24, 2.45) is 0 Å². The Morgan fingerprint density at radius 1 is 1.40 bits per heavy atom. The highest BCUT2D eigenvalue weighted by Crippen LogP contribution is 2.33. The molecule has 1 N–H and O–H groups in total. The van der Waals surface area contributed by atoms with Gasteiger partial charge in [-0.15, -0.1) is 0 Å². The standard InChI is InChI=1S/C16H16BrNO6S/c1-23-6-2-5-18-15(21)13(25-16(18)22)8-10-3-4-12(11(17)7-10)24-9-14(19)20/h3-4,7-8H,2,5-6,9H2,1H3,(H,19,20)/b13-8+. The van der Waals surface area contributed by atoms with Crippen molar-refractivity contribution < 1.29 is 29.0 Å². The van der Waals surface area contributed by atoms with E-state index in [4.69, 9.17) is 14.6 Å². The molecule has 25 heavy (non-hydrogen) atoms. The van der Waals surface area contributed by atoms with Crippen LogP contribution in [0.5, 0.6) is 5.75 Å². The minimum Gasteiger partial charge on any atom is -0.481 e. The van der Waals surface area contributed by atoms with Crippen molar-refractivity contribution >= 4 is 50.9 Å². The van der Waals surface area contributed by atoms with Gasteiger partial charge in [-0.25, -0.2) is 4.79 Å². The van der Waals surface area contributed by atoms with Crippen LogP contribution in [-0.4, -0.2) is 54.0 Å². The van der Waals surface area contributed by atoms with Gasteiger partial charge in [0.2, 0.25) is 0 Å². The summed E-state index contributed by atoms with van der Waals surface area (Å²) in [5.74, 6) is -1.02. The number of thioether (sulfide) groups is 1. The van der Waals surface area contributed by atoms with Gasteiger partial charge in [-0.1, -0.05) is 6.07 Å². The van der Waals surface area contributed by atoms with Crippen LogP contribution in [0.25, 0.3) is 6.08 Å². The van der Waals surface area contributed by atoms with Crippen molar-refractivity contribution in [3.63, 3.8) is 0 Å². The monoisotopic (exact) mass is 429 g/mol. The number of imide groups is 1. The molecule has 1 fully saturated rings. The topological polar surface area (TPSA) is 93.1 Å². The van der Waals surface area contributed by atoms with E-state index in [1.165, 1.54) is 4.90 Å². The highest BCUT2D eigenvalue weighted by Gasteiger charge is 2.34. The number of methoxy groups -OCH3 is 1. The molecule has 0 spiro atoms. The van der Waals surface area contributed by atoms with Crippen LogP contribution in [0.3, 0.4) is 0 Å². The van der Waals surface area contributed by atoms with Crippen molar-refractivity contribution in [2.75, 3.05) is 26.9 Å². The Hall–Kier alpha value is -1.84. The van der Waals surface area contributed by atoms with Crippen molar-refractivity contribution in [1.29, 1.82) is 0 Å². The Morgan fingerprint density at radius 2 is 2.16 bits per heavy atom. The first-order chi connectivity index (χ1) is 11.9. The van der Waals surface area contributed by atoms with Gasteiger partial charge >= 0.3 is 5.97 Å². The second-order valence-corrected chi connectivity index (χ2v) is 6.90. The summed E-state index contributed by atoms with van der Waals surface area (Å²) in [5, 5.41) is 8.33. The summed E-state index contributed by atoms with van der Waals surface area (Å²) in [7, 11) is 1.56. The predicted molar refractivity (Wildman–Crippen MR) is 96.4 cm³/mol. The SMILES string of the molecule is COCCCN1C(=O)S/C(=C/c2ccc(OCC(=O)O)c(Br)c2)C1=O. The first kappa shape index (κ1) is 19.5. The molecule has 1 saturated heterocycles. The molecule has 0 aliphatic carbocycles. The Bertz CT molecular complexity index is 721. The van der Waals surface area contributed by atoms with E-state index >= 15 is 0 Å². The molecular weight excluding hydrogens is 414 g/mol. The molecule has 1 aromatic rings. The zero-order chi connectivity index (χ0) is 18.4. The molecule has 2 amide bonds. The van der Waals surface area contributed by atoms with Crippen LogP contribution in [0.4, 0.5) is 4.79 Å². The van der Waals surface area contributed by atoms with Crippen molar-refractivity contribution in [3.05, 3.63) is 33.1 Å². The molecule has 0 radical (unpaired) electrons. The van der Waals surface area contributed by atoms with Crippen LogP contribution >= 0.6 is 27.7 Å². The number of carboxylic acid groups (broad SMARTS) is 1. The van der Waals surface area contributed by atoms with Gasteiger partial charge in [0.25, 0.3) is 11.1 Å². The van der Waals surface area contributed by atoms with E-state index in [1.54, 1.807) is 31.4 Å². The average molecular weight is 430 g/mol. The fourth-order valence-electron chi connectivity index (χ4n) is 2.07. The summed E-state index contributed by atoms with van der Waals surface area (Å²) in [6.07, 6.45) is 2.20. The van der Waals surface area contributed by atoms with E-state index in [-0.39, 0.29) is 11.1 Å². The fourth-order valence-corrected chi connectivity index (χ4v) is 3.45. The second-order valence-electron chi connectivity index (χ2n) is 5.05. The molecule has 1 heterocycles. The number of aliphatic carboxylic acids is 1. The molecule has 0 unspecified atom stereocenters. The first-order valence-corrected chi connectivity index (χ1v) is 8.91. The molecule has 0 aromatic heterocycles. The second kappa shape index (κ2) is 9.02. The van der Waals surface area contributed by atoms with Gasteiger partial charge in [-0.2, -0.15) is 0 Å². The minimum atomic E-state index is -1.07. The quantitative estimate of drug-likeness (QED) is 0.501. The Balaban J connectivity index is 2.09. The smallest absolute Gasteiger partial charge is 0.341 e. The summed E-state index contributed by atoms with van der Waals surface area (Å²) in [6.45, 7) is 0.353. The first-order valence-electron chi connectivity index (χ1n) is 7.31. The Labute approximate surface area is 157 Å². The maximum atomic E-state index is 12.3. The van der Waals surface area contributed by atoms with E-state index in [0.717, 1.165) is 11.8 Å². The number of benzene rings is 1. The molecule has 0 atom stereocenters. The Kier molecular flexibility index (Phi) is 7.03. The lowest BCUT2D eigenvalue weighted by Gasteiger charge is -2.11. The van der Waals surface area contributed by atoms with Crippen LogP contribution < -0.4 is 4.74 Å². The number of amides is 2. The van der Waals surface area contributed by atoms with Crippen molar-refractivity contribution in [2.45, 2.75) is 6.42 Å². The van der Waals surface area contributed by atoms with E-state index in [0.29, 0.717) is 40.3 Å². The average Bonchev–Trinajstić information content (AvgIpc) is 2.81. The number of halogens is 1. The number of carboxylic acids is 1. The van der Waals surface area contributed by atoms with Crippen LogP contribution in [0.15, 0.2) is 27.6 Å². The van der Waals surface area contributed by atoms with Crippen molar-refractivity contribution in [3.8, 4) is 5.75 Å². The van der Waals surface area contributed by atoms with Gasteiger partial charge in [-0.3, -0.25) is 14.5 Å². The molecule has 1 aliphatic heterocycles. The maximum absolute atomic E-state index is 12.3. The zero-order valence-electron chi connectivity index (χ0n) is 13.4. The van der Waals surface area contributed by atoms with E-state index in [2.05, 4.69) is 15.9 Å². The van der Waals surface area contributed by atoms with Gasteiger partial charge in [0.05, 0.1) is 9.38 Å². The zero-order valence-corrected chi connectivity index (χ0v) is 15.8. The number of hydrogen-bond donors (Lipinski definition) is 1. The van der Waals surface area contributed by atoms with E-state index in [9.17, 15) is 14.4 Å². The van der Waals surface area contributed by atoms with Gasteiger partial charge in [0.15, 0.2) is 6.61 Å². The molecule has 7 nitrogen and oxygen atoms in total. The molecule has 1 aliphatic rings. The van der Waals surface area contributed by atoms with Gasteiger partial charge in [-0.05, 0) is 57.9 Å². The molecule has 1 aromatic carbocycles. The van der Waals surface area contributed by atoms with Crippen LogP contribution in [0.1, 0.15) is 12.0 Å². The van der Waals surface area contributed by atoms with Crippen LogP contribution in [0, 0.1) is 0 Å². The summed E-state index contributed by atoms with van der Waals surface area (Å²) >= 11 is 4.19. The van der Waals surface area contributed by atoms with E-state index in [1.807, 2.05) is 0 Å². The predicted octanol–water partition coefficient (Wildman–Crippen LogP) is 2.99. The number of ether oxygens (including phenoxy) is 2. The van der Waals surface area contributed by atoms with E-state index < -0.39 is 12.6 Å². The molecule has 0 saturated carbocycles. The summed E-state index contributed by atoms with van der Waals surface area (Å²) in [5.41, 5.74) is 0.692. The third-order valence-corrected chi connectivity index (χ3v) is 4.74. The number of rotatable bonds is 8. The summed E-state index contributed by atoms with van der Waals surface area (Å²) in [6, 6.07) is 4.97. The third kappa shape index (κ3) is 5.32. The summed E-state index contributed by atoms with van der Waals surface area (Å²) < 4.78 is 10.6. The maximum Gasteiger partial charge on any atom is 0.341 e.